The second-order valence-corrected chi connectivity index (χ2v) is 8.39. The fourth-order valence-corrected chi connectivity index (χ4v) is 4.36. The maximum Gasteiger partial charge on any atom is 0.249 e. The van der Waals surface area contributed by atoms with Gasteiger partial charge in [-0.3, -0.25) is 9.69 Å². The molecule has 0 atom stereocenters. The Morgan fingerprint density at radius 1 is 0.970 bits per heavy atom. The summed E-state index contributed by atoms with van der Waals surface area (Å²) in [5.41, 5.74) is 10.9. The molecule has 1 aliphatic heterocycles. The summed E-state index contributed by atoms with van der Waals surface area (Å²) < 4.78 is 6.29. The number of furan rings is 1. The second-order valence-electron chi connectivity index (χ2n) is 8.39. The predicted octanol–water partition coefficient (Wildman–Crippen LogP) is 4.53. The third kappa shape index (κ3) is 4.75. The van der Waals surface area contributed by atoms with Gasteiger partial charge in [0.2, 0.25) is 5.91 Å². The van der Waals surface area contributed by atoms with Crippen molar-refractivity contribution < 1.29 is 9.21 Å². The third-order valence-corrected chi connectivity index (χ3v) is 6.06. The lowest BCUT2D eigenvalue weighted by Crippen LogP contribution is -2.42. The molecule has 0 radical (unpaired) electrons. The Labute approximate surface area is 193 Å². The highest BCUT2D eigenvalue weighted by Gasteiger charge is 2.17. The molecule has 166 valence electrons. The minimum absolute atomic E-state index is 0.455. The van der Waals surface area contributed by atoms with Gasteiger partial charge in [-0.25, -0.2) is 0 Å². The molecular weight excluding hydrogens is 410 g/mol. The number of nitrogens with zero attached hydrogens (tertiary/aromatic N) is 1. The Kier molecular flexibility index (Phi) is 6.07. The minimum atomic E-state index is -0.472. The molecule has 2 heterocycles. The number of primary amides is 1. The molecule has 1 saturated heterocycles. The summed E-state index contributed by atoms with van der Waals surface area (Å²) in [7, 11) is 0. The molecule has 3 N–H and O–H groups in total. The summed E-state index contributed by atoms with van der Waals surface area (Å²) in [6.45, 7) is 5.08. The first-order valence-corrected chi connectivity index (χ1v) is 11.3. The van der Waals surface area contributed by atoms with Crippen LogP contribution < -0.4 is 11.1 Å². The highest BCUT2D eigenvalue weighted by Crippen LogP contribution is 2.34. The van der Waals surface area contributed by atoms with Crippen LogP contribution in [-0.4, -0.2) is 37.0 Å². The van der Waals surface area contributed by atoms with E-state index in [-0.39, 0.29) is 0 Å². The standard InChI is InChI=1S/C28H27N3O2/c29-28(32)25(16-20-6-2-1-3-7-20)23-8-4-5-9-24(23)27-18-22-11-10-21(17-26(22)33-27)19-31-14-12-30-13-15-31/h1-11,16-18,30H,12-15,19H2,(H2,29,32). The normalized spacial score (nSPS) is 15.1. The first-order valence-electron chi connectivity index (χ1n) is 11.3. The van der Waals surface area contributed by atoms with Gasteiger partial charge >= 0.3 is 0 Å². The average Bonchev–Trinajstić information content (AvgIpc) is 3.27. The van der Waals surface area contributed by atoms with Crippen molar-refractivity contribution in [3.63, 3.8) is 0 Å². The largest absolute Gasteiger partial charge is 0.456 e. The van der Waals surface area contributed by atoms with Crippen LogP contribution in [-0.2, 0) is 11.3 Å². The van der Waals surface area contributed by atoms with Crippen molar-refractivity contribution in [2.45, 2.75) is 6.54 Å². The Bertz CT molecular complexity index is 1300. The topological polar surface area (TPSA) is 71.5 Å². The average molecular weight is 438 g/mol. The van der Waals surface area contributed by atoms with Crippen LogP contribution in [0.15, 0.2) is 83.3 Å². The molecule has 5 nitrogen and oxygen atoms in total. The van der Waals surface area contributed by atoms with Crippen LogP contribution in [0.2, 0.25) is 0 Å². The first-order chi connectivity index (χ1) is 16.2. The lowest BCUT2D eigenvalue weighted by molar-refractivity contribution is -0.112. The van der Waals surface area contributed by atoms with E-state index in [0.29, 0.717) is 5.57 Å². The number of hydrogen-bond acceptors (Lipinski definition) is 4. The molecule has 0 unspecified atom stereocenters. The molecule has 0 bridgehead atoms. The van der Waals surface area contributed by atoms with Gasteiger partial charge in [-0.1, -0.05) is 66.7 Å². The zero-order valence-electron chi connectivity index (χ0n) is 18.5. The van der Waals surface area contributed by atoms with Gasteiger partial charge in [0.1, 0.15) is 11.3 Å². The Morgan fingerprint density at radius 2 is 1.73 bits per heavy atom. The lowest BCUT2D eigenvalue weighted by Gasteiger charge is -2.27. The number of amides is 1. The van der Waals surface area contributed by atoms with Gasteiger partial charge < -0.3 is 15.5 Å². The molecule has 1 amide bonds. The van der Waals surface area contributed by atoms with Crippen LogP contribution in [0.3, 0.4) is 0 Å². The summed E-state index contributed by atoms with van der Waals surface area (Å²) in [5.74, 6) is 0.251. The predicted molar refractivity (Wildman–Crippen MR) is 133 cm³/mol. The quantitative estimate of drug-likeness (QED) is 0.343. The number of nitrogens with two attached hydrogens (primary N) is 1. The van der Waals surface area contributed by atoms with E-state index in [0.717, 1.165) is 66.1 Å². The molecule has 33 heavy (non-hydrogen) atoms. The molecule has 5 rings (SSSR count). The van der Waals surface area contributed by atoms with Gasteiger partial charge in [-0.2, -0.15) is 0 Å². The van der Waals surface area contributed by atoms with Crippen molar-refractivity contribution in [1.82, 2.24) is 10.2 Å². The van der Waals surface area contributed by atoms with Gasteiger partial charge in [0.25, 0.3) is 0 Å². The molecule has 5 heteroatoms. The number of benzene rings is 3. The number of rotatable bonds is 6. The van der Waals surface area contributed by atoms with Gasteiger partial charge in [-0.15, -0.1) is 0 Å². The van der Waals surface area contributed by atoms with Crippen molar-refractivity contribution >= 4 is 28.5 Å². The van der Waals surface area contributed by atoms with Gasteiger partial charge in [-0.05, 0) is 34.9 Å². The van der Waals surface area contributed by atoms with Crippen LogP contribution in [0.1, 0.15) is 16.7 Å². The zero-order valence-corrected chi connectivity index (χ0v) is 18.5. The molecule has 1 aromatic heterocycles. The molecule has 1 fully saturated rings. The lowest BCUT2D eigenvalue weighted by atomic mass is 9.95. The van der Waals surface area contributed by atoms with Crippen molar-refractivity contribution in [1.29, 1.82) is 0 Å². The molecule has 3 aromatic carbocycles. The number of nitrogens with one attached hydrogen (secondary N) is 1. The van der Waals surface area contributed by atoms with E-state index in [9.17, 15) is 4.79 Å². The Balaban J connectivity index is 1.51. The highest BCUT2D eigenvalue weighted by molar-refractivity contribution is 6.25. The summed E-state index contributed by atoms with van der Waals surface area (Å²) >= 11 is 0. The van der Waals surface area contributed by atoms with E-state index in [1.807, 2.05) is 66.7 Å². The molecule has 0 aliphatic carbocycles. The fraction of sp³-hybridized carbons (Fsp3) is 0.179. The van der Waals surface area contributed by atoms with Crippen molar-refractivity contribution in [3.05, 3.63) is 95.6 Å². The van der Waals surface area contributed by atoms with Gasteiger partial charge in [0.05, 0.1) is 0 Å². The number of hydrogen-bond donors (Lipinski definition) is 2. The fourth-order valence-electron chi connectivity index (χ4n) is 4.36. The van der Waals surface area contributed by atoms with E-state index in [4.69, 9.17) is 10.2 Å². The summed E-state index contributed by atoms with van der Waals surface area (Å²) in [6, 6.07) is 25.9. The van der Waals surface area contributed by atoms with E-state index in [2.05, 4.69) is 28.4 Å². The van der Waals surface area contributed by atoms with E-state index < -0.39 is 5.91 Å². The molecular formula is C28H27N3O2. The summed E-state index contributed by atoms with van der Waals surface area (Å²) in [4.78, 5) is 14.9. The SMILES string of the molecule is NC(=O)C(=Cc1ccccc1)c1ccccc1-c1cc2ccc(CN3CCNCC3)cc2o1. The van der Waals surface area contributed by atoms with Crippen LogP contribution in [0.4, 0.5) is 0 Å². The van der Waals surface area contributed by atoms with Crippen LogP contribution >= 0.6 is 0 Å². The Morgan fingerprint density at radius 3 is 2.52 bits per heavy atom. The minimum Gasteiger partial charge on any atom is -0.456 e. The third-order valence-electron chi connectivity index (χ3n) is 6.06. The number of piperazine rings is 1. The zero-order chi connectivity index (χ0) is 22.6. The van der Waals surface area contributed by atoms with Crippen LogP contribution in [0, 0.1) is 0 Å². The monoisotopic (exact) mass is 437 g/mol. The van der Waals surface area contributed by atoms with Crippen molar-refractivity contribution in [3.8, 4) is 11.3 Å². The van der Waals surface area contributed by atoms with Crippen molar-refractivity contribution in [2.75, 3.05) is 26.2 Å². The first kappa shape index (κ1) is 21.2. The molecule has 1 aliphatic rings. The van der Waals surface area contributed by atoms with Gasteiger partial charge in [0.15, 0.2) is 0 Å². The maximum absolute atomic E-state index is 12.4. The maximum atomic E-state index is 12.4. The van der Waals surface area contributed by atoms with Crippen molar-refractivity contribution in [2.24, 2.45) is 5.73 Å². The number of fused-ring (bicyclic) bond motifs is 1. The Hall–Kier alpha value is -3.67. The highest BCUT2D eigenvalue weighted by atomic mass is 16.3. The summed E-state index contributed by atoms with van der Waals surface area (Å²) in [5, 5.41) is 4.43. The molecule has 4 aromatic rings. The molecule has 0 saturated carbocycles. The van der Waals surface area contributed by atoms with Crippen LogP contribution in [0.25, 0.3) is 33.9 Å². The van der Waals surface area contributed by atoms with Gasteiger partial charge in [0, 0.05) is 49.2 Å². The smallest absolute Gasteiger partial charge is 0.249 e. The van der Waals surface area contributed by atoms with E-state index in [1.165, 1.54) is 5.56 Å². The van der Waals surface area contributed by atoms with E-state index >= 15 is 0 Å². The molecule has 0 spiro atoms. The summed E-state index contributed by atoms with van der Waals surface area (Å²) in [6.07, 6.45) is 1.83. The number of carbonyl (C=O) groups is 1. The second kappa shape index (κ2) is 9.45. The van der Waals surface area contributed by atoms with Crippen LogP contribution in [0.5, 0.6) is 0 Å². The number of carbonyl (C=O) groups excluding carboxylic acids is 1. The van der Waals surface area contributed by atoms with E-state index in [1.54, 1.807) is 0 Å².